The number of ether oxygens (including phenoxy) is 1. The number of hydrogen-bond donors (Lipinski definition) is 1. The molecule has 2 atom stereocenters. The van der Waals surface area contributed by atoms with Crippen LogP contribution in [0.1, 0.15) is 31.4 Å². The van der Waals surface area contributed by atoms with Crippen molar-refractivity contribution in [2.75, 3.05) is 78.7 Å². The zero-order chi connectivity index (χ0) is 24.6. The van der Waals surface area contributed by atoms with Gasteiger partial charge in [-0.25, -0.2) is 0 Å². The molecule has 0 radical (unpaired) electrons. The van der Waals surface area contributed by atoms with Gasteiger partial charge in [-0.3, -0.25) is 24.3 Å². The fourth-order valence-electron chi connectivity index (χ4n) is 5.50. The third-order valence-corrected chi connectivity index (χ3v) is 7.44. The normalized spacial score (nSPS) is 24.9. The zero-order valence-electron chi connectivity index (χ0n) is 21.6. The number of nitrogens with zero attached hydrogens (tertiary/aromatic N) is 4. The van der Waals surface area contributed by atoms with Gasteiger partial charge in [0.15, 0.2) is 0 Å². The first-order chi connectivity index (χ1) is 16.9. The van der Waals surface area contributed by atoms with E-state index in [2.05, 4.69) is 58.1 Å². The third-order valence-electron chi connectivity index (χ3n) is 7.44. The molecule has 0 saturated carbocycles. The highest BCUT2D eigenvalue weighted by Gasteiger charge is 2.27. The average Bonchev–Trinajstić information content (AvgIpc) is 2.85. The van der Waals surface area contributed by atoms with Crippen LogP contribution in [0.15, 0.2) is 24.3 Å². The molecule has 3 aliphatic heterocycles. The van der Waals surface area contributed by atoms with Crippen LogP contribution in [0.3, 0.4) is 0 Å². The Hall–Kier alpha value is -2.00. The number of piperidine rings is 1. The molecule has 4 rings (SSSR count). The molecule has 3 saturated heterocycles. The first-order valence-corrected chi connectivity index (χ1v) is 13.3. The topological polar surface area (TPSA) is 68.4 Å². The number of carbonyl (C=O) groups is 2. The van der Waals surface area contributed by atoms with E-state index in [0.29, 0.717) is 31.5 Å². The predicted octanol–water partition coefficient (Wildman–Crippen LogP) is 1.26. The summed E-state index contributed by atoms with van der Waals surface area (Å²) in [6, 6.07) is 8.52. The molecular formula is C27H43N5O3. The van der Waals surface area contributed by atoms with Crippen molar-refractivity contribution in [3.63, 3.8) is 0 Å². The molecule has 1 aromatic carbocycles. The molecule has 194 valence electrons. The van der Waals surface area contributed by atoms with Gasteiger partial charge in [-0.2, -0.15) is 0 Å². The number of likely N-dealkylation sites (tertiary alicyclic amines) is 1. The van der Waals surface area contributed by atoms with Crippen molar-refractivity contribution >= 4 is 11.8 Å². The van der Waals surface area contributed by atoms with Crippen molar-refractivity contribution in [1.82, 2.24) is 24.9 Å². The summed E-state index contributed by atoms with van der Waals surface area (Å²) in [5.41, 5.74) is 2.41. The second-order valence-electron chi connectivity index (χ2n) is 10.8. The SMILES string of the molecule is C[C@@H]1C[C@H](C)CN(C(=O)CN2CCN(CC(=O)NCc3ccc(CN4CCOCC4)cc3)CC2)C1. The van der Waals surface area contributed by atoms with E-state index in [0.717, 1.165) is 77.7 Å². The molecule has 0 bridgehead atoms. The first-order valence-electron chi connectivity index (χ1n) is 13.3. The van der Waals surface area contributed by atoms with E-state index in [1.807, 2.05) is 4.90 Å². The minimum absolute atomic E-state index is 0.0585. The number of amides is 2. The van der Waals surface area contributed by atoms with Crippen LogP contribution in [0.4, 0.5) is 0 Å². The van der Waals surface area contributed by atoms with E-state index in [-0.39, 0.29) is 11.8 Å². The molecule has 8 nitrogen and oxygen atoms in total. The molecular weight excluding hydrogens is 442 g/mol. The molecule has 0 unspecified atom stereocenters. The fourth-order valence-corrected chi connectivity index (χ4v) is 5.50. The van der Waals surface area contributed by atoms with Gasteiger partial charge in [-0.05, 0) is 29.4 Å². The van der Waals surface area contributed by atoms with E-state index in [1.54, 1.807) is 0 Å². The number of hydrogen-bond acceptors (Lipinski definition) is 6. The van der Waals surface area contributed by atoms with E-state index in [1.165, 1.54) is 12.0 Å². The number of carbonyl (C=O) groups excluding carboxylic acids is 2. The zero-order valence-corrected chi connectivity index (χ0v) is 21.6. The maximum Gasteiger partial charge on any atom is 0.236 e. The smallest absolute Gasteiger partial charge is 0.236 e. The van der Waals surface area contributed by atoms with Crippen molar-refractivity contribution in [2.24, 2.45) is 11.8 Å². The Bertz CT molecular complexity index is 809. The van der Waals surface area contributed by atoms with Crippen LogP contribution < -0.4 is 5.32 Å². The summed E-state index contributed by atoms with van der Waals surface area (Å²) in [6.07, 6.45) is 1.21. The van der Waals surface area contributed by atoms with Gasteiger partial charge in [-0.15, -0.1) is 0 Å². The van der Waals surface area contributed by atoms with Gasteiger partial charge in [0.25, 0.3) is 0 Å². The number of nitrogens with one attached hydrogen (secondary N) is 1. The highest BCUT2D eigenvalue weighted by atomic mass is 16.5. The Morgan fingerprint density at radius 2 is 1.40 bits per heavy atom. The lowest BCUT2D eigenvalue weighted by atomic mass is 9.92. The number of benzene rings is 1. The van der Waals surface area contributed by atoms with Crippen molar-refractivity contribution in [2.45, 2.75) is 33.4 Å². The number of morpholine rings is 1. The summed E-state index contributed by atoms with van der Waals surface area (Å²) in [6.45, 7) is 15.6. The van der Waals surface area contributed by atoms with Crippen molar-refractivity contribution in [1.29, 1.82) is 0 Å². The molecule has 1 N–H and O–H groups in total. The summed E-state index contributed by atoms with van der Waals surface area (Å²) >= 11 is 0. The molecule has 2 amide bonds. The molecule has 3 aliphatic rings. The van der Waals surface area contributed by atoms with Gasteiger partial charge in [0.2, 0.25) is 11.8 Å². The monoisotopic (exact) mass is 485 g/mol. The minimum Gasteiger partial charge on any atom is -0.379 e. The van der Waals surface area contributed by atoms with Gasteiger partial charge < -0.3 is 15.0 Å². The summed E-state index contributed by atoms with van der Waals surface area (Å²) in [5.74, 6) is 1.49. The Morgan fingerprint density at radius 1 is 0.829 bits per heavy atom. The molecule has 3 fully saturated rings. The third kappa shape index (κ3) is 8.27. The van der Waals surface area contributed by atoms with Gasteiger partial charge in [0.1, 0.15) is 0 Å². The lowest BCUT2D eigenvalue weighted by molar-refractivity contribution is -0.135. The van der Waals surface area contributed by atoms with E-state index < -0.39 is 0 Å². The van der Waals surface area contributed by atoms with Gasteiger partial charge in [0.05, 0.1) is 26.3 Å². The van der Waals surface area contributed by atoms with Crippen LogP contribution in [-0.2, 0) is 27.4 Å². The summed E-state index contributed by atoms with van der Waals surface area (Å²) < 4.78 is 5.41. The Morgan fingerprint density at radius 3 is 2.03 bits per heavy atom. The summed E-state index contributed by atoms with van der Waals surface area (Å²) in [7, 11) is 0. The van der Waals surface area contributed by atoms with E-state index >= 15 is 0 Å². The predicted molar refractivity (Wildman–Crippen MR) is 137 cm³/mol. The fraction of sp³-hybridized carbons (Fsp3) is 0.704. The number of rotatable bonds is 8. The van der Waals surface area contributed by atoms with E-state index in [4.69, 9.17) is 4.74 Å². The standard InChI is InChI=1S/C27H43N5O3/c1-22-15-23(2)18-32(17-22)27(34)21-30-9-7-29(8-10-30)20-26(33)28-16-24-3-5-25(6-4-24)19-31-11-13-35-14-12-31/h3-6,22-23H,7-21H2,1-2H3,(H,28,33)/t22-,23+. The van der Waals surface area contributed by atoms with Gasteiger partial charge in [-0.1, -0.05) is 38.1 Å². The Balaban J connectivity index is 1.11. The highest BCUT2D eigenvalue weighted by Crippen LogP contribution is 2.21. The van der Waals surface area contributed by atoms with Gasteiger partial charge >= 0.3 is 0 Å². The van der Waals surface area contributed by atoms with Crippen LogP contribution >= 0.6 is 0 Å². The van der Waals surface area contributed by atoms with Crippen molar-refractivity contribution in [3.8, 4) is 0 Å². The molecule has 0 spiro atoms. The van der Waals surface area contributed by atoms with Crippen LogP contribution in [-0.4, -0.2) is 110 Å². The minimum atomic E-state index is 0.0585. The van der Waals surface area contributed by atoms with E-state index in [9.17, 15) is 9.59 Å². The maximum absolute atomic E-state index is 12.8. The molecule has 3 heterocycles. The molecule has 0 aliphatic carbocycles. The molecule has 1 aromatic rings. The van der Waals surface area contributed by atoms with Crippen molar-refractivity contribution < 1.29 is 14.3 Å². The average molecular weight is 486 g/mol. The van der Waals surface area contributed by atoms with Crippen LogP contribution in [0.25, 0.3) is 0 Å². The first kappa shape index (κ1) is 26.1. The molecule has 8 heteroatoms. The second kappa shape index (κ2) is 12.8. The molecule has 0 aromatic heterocycles. The Labute approximate surface area is 210 Å². The van der Waals surface area contributed by atoms with Crippen LogP contribution in [0.2, 0.25) is 0 Å². The largest absolute Gasteiger partial charge is 0.379 e. The lowest BCUT2D eigenvalue weighted by Gasteiger charge is -2.38. The highest BCUT2D eigenvalue weighted by molar-refractivity contribution is 5.79. The summed E-state index contributed by atoms with van der Waals surface area (Å²) in [5, 5.41) is 3.06. The Kier molecular flexibility index (Phi) is 9.54. The lowest BCUT2D eigenvalue weighted by Crippen LogP contribution is -2.53. The van der Waals surface area contributed by atoms with Gasteiger partial charge in [0, 0.05) is 65.4 Å². The summed E-state index contributed by atoms with van der Waals surface area (Å²) in [4.78, 5) is 34.1. The van der Waals surface area contributed by atoms with Crippen molar-refractivity contribution in [3.05, 3.63) is 35.4 Å². The molecule has 35 heavy (non-hydrogen) atoms. The quantitative estimate of drug-likeness (QED) is 0.598. The second-order valence-corrected chi connectivity index (χ2v) is 10.8. The van der Waals surface area contributed by atoms with Crippen LogP contribution in [0, 0.1) is 11.8 Å². The van der Waals surface area contributed by atoms with Crippen LogP contribution in [0.5, 0.6) is 0 Å². The number of piperazine rings is 1. The maximum atomic E-state index is 12.8.